The Morgan fingerprint density at radius 1 is 0.903 bits per heavy atom. The lowest BCUT2D eigenvalue weighted by Gasteiger charge is -2.07. The van der Waals surface area contributed by atoms with Gasteiger partial charge in [-0.15, -0.1) is 0 Å². The molecule has 2 aromatic heterocycles. The molecule has 6 nitrogen and oxygen atoms in total. The van der Waals surface area contributed by atoms with Gasteiger partial charge < -0.3 is 15.2 Å². The number of hydrogen-bond donors (Lipinski definition) is 1. The fourth-order valence-electron chi connectivity index (χ4n) is 3.42. The highest BCUT2D eigenvalue weighted by atomic mass is 32.1. The number of nitrogens with zero attached hydrogens (tertiary/aromatic N) is 3. The van der Waals surface area contributed by atoms with Gasteiger partial charge in [0.2, 0.25) is 5.13 Å². The average Bonchev–Trinajstić information content (AvgIpc) is 3.39. The molecule has 0 radical (unpaired) electrons. The number of para-hydroxylation sites is 1. The number of rotatable bonds is 6. The van der Waals surface area contributed by atoms with Crippen LogP contribution in [0, 0.1) is 0 Å². The Hall–Kier alpha value is -3.84. The summed E-state index contributed by atoms with van der Waals surface area (Å²) >= 11 is 1.55. The van der Waals surface area contributed by atoms with Gasteiger partial charge in [-0.25, -0.2) is 4.98 Å². The Balaban J connectivity index is 1.54. The third kappa shape index (κ3) is 3.71. The molecule has 0 unspecified atom stereocenters. The van der Waals surface area contributed by atoms with E-state index in [4.69, 9.17) is 25.3 Å². The van der Waals surface area contributed by atoms with E-state index in [1.807, 2.05) is 78.9 Å². The van der Waals surface area contributed by atoms with Gasteiger partial charge in [-0.05, 0) is 42.0 Å². The Labute approximate surface area is 183 Å². The Kier molecular flexibility index (Phi) is 5.01. The van der Waals surface area contributed by atoms with Crippen molar-refractivity contribution in [1.29, 1.82) is 0 Å². The summed E-state index contributed by atoms with van der Waals surface area (Å²) in [6.45, 7) is 0.276. The zero-order valence-corrected chi connectivity index (χ0v) is 17.7. The molecule has 7 heteroatoms. The van der Waals surface area contributed by atoms with E-state index in [2.05, 4.69) is 0 Å². The Morgan fingerprint density at radius 2 is 1.61 bits per heavy atom. The third-order valence-corrected chi connectivity index (χ3v) is 5.97. The van der Waals surface area contributed by atoms with Crippen molar-refractivity contribution in [3.63, 3.8) is 0 Å². The standard InChI is InChI=1S/C24H20N4O2S/c1-29-17-11-13-18(14-12-17)30-15-20-22(16-7-3-2-4-8-16)23(25)28(27-20)24-26-19-9-5-6-10-21(19)31-24/h2-14H,15,25H2,1H3. The van der Waals surface area contributed by atoms with Crippen LogP contribution in [-0.2, 0) is 6.61 Å². The first kappa shape index (κ1) is 19.1. The molecule has 31 heavy (non-hydrogen) atoms. The lowest BCUT2D eigenvalue weighted by atomic mass is 10.1. The number of nitrogens with two attached hydrogens (primary N) is 1. The molecule has 3 aromatic carbocycles. The highest BCUT2D eigenvalue weighted by Gasteiger charge is 2.20. The maximum absolute atomic E-state index is 6.59. The first-order valence-corrected chi connectivity index (χ1v) is 10.6. The van der Waals surface area contributed by atoms with Crippen LogP contribution in [0.15, 0.2) is 78.9 Å². The van der Waals surface area contributed by atoms with Crippen molar-refractivity contribution >= 4 is 27.4 Å². The van der Waals surface area contributed by atoms with Gasteiger partial charge in [0.15, 0.2) is 0 Å². The Bertz CT molecular complexity index is 1290. The van der Waals surface area contributed by atoms with Gasteiger partial charge in [-0.2, -0.15) is 9.78 Å². The van der Waals surface area contributed by atoms with E-state index in [1.54, 1.807) is 23.1 Å². The minimum Gasteiger partial charge on any atom is -0.497 e. The van der Waals surface area contributed by atoms with Crippen molar-refractivity contribution in [3.05, 3.63) is 84.6 Å². The highest BCUT2D eigenvalue weighted by Crippen LogP contribution is 2.34. The molecule has 2 N–H and O–H groups in total. The molecule has 0 aliphatic rings. The summed E-state index contributed by atoms with van der Waals surface area (Å²) < 4.78 is 14.0. The van der Waals surface area contributed by atoms with Gasteiger partial charge in [-0.1, -0.05) is 53.8 Å². The summed E-state index contributed by atoms with van der Waals surface area (Å²) in [7, 11) is 1.64. The molecule has 0 bridgehead atoms. The molecular formula is C24H20N4O2S. The first-order chi connectivity index (χ1) is 15.2. The van der Waals surface area contributed by atoms with E-state index in [1.165, 1.54) is 0 Å². The Morgan fingerprint density at radius 3 is 2.35 bits per heavy atom. The molecule has 0 aliphatic heterocycles. The van der Waals surface area contributed by atoms with E-state index in [0.717, 1.165) is 43.7 Å². The average molecular weight is 429 g/mol. The molecule has 0 spiro atoms. The van der Waals surface area contributed by atoms with Crippen LogP contribution in [0.2, 0.25) is 0 Å². The van der Waals surface area contributed by atoms with Crippen LogP contribution < -0.4 is 15.2 Å². The van der Waals surface area contributed by atoms with Gasteiger partial charge in [0, 0.05) is 0 Å². The predicted octanol–water partition coefficient (Wildman–Crippen LogP) is 5.32. The first-order valence-electron chi connectivity index (χ1n) is 9.78. The largest absolute Gasteiger partial charge is 0.497 e. The zero-order valence-electron chi connectivity index (χ0n) is 16.9. The second-order valence-electron chi connectivity index (χ2n) is 6.91. The number of benzene rings is 3. The normalized spacial score (nSPS) is 11.0. The van der Waals surface area contributed by atoms with Crippen LogP contribution in [0.5, 0.6) is 11.5 Å². The molecule has 2 heterocycles. The number of hydrogen-bond acceptors (Lipinski definition) is 6. The van der Waals surface area contributed by atoms with Crippen LogP contribution in [0.3, 0.4) is 0 Å². The lowest BCUT2D eigenvalue weighted by Crippen LogP contribution is -2.02. The fourth-order valence-corrected chi connectivity index (χ4v) is 4.35. The second-order valence-corrected chi connectivity index (χ2v) is 7.92. The van der Waals surface area contributed by atoms with Crippen LogP contribution in [-0.4, -0.2) is 21.9 Å². The van der Waals surface area contributed by atoms with Gasteiger partial charge in [0.1, 0.15) is 29.6 Å². The number of nitrogen functional groups attached to an aromatic ring is 1. The number of thiazole rings is 1. The van der Waals surface area contributed by atoms with Crippen molar-refractivity contribution in [2.75, 3.05) is 12.8 Å². The van der Waals surface area contributed by atoms with Gasteiger partial charge in [-0.3, -0.25) is 0 Å². The van der Waals surface area contributed by atoms with Gasteiger partial charge in [0.25, 0.3) is 0 Å². The van der Waals surface area contributed by atoms with Crippen LogP contribution >= 0.6 is 11.3 Å². The van der Waals surface area contributed by atoms with Crippen molar-refractivity contribution in [1.82, 2.24) is 14.8 Å². The third-order valence-electron chi connectivity index (χ3n) is 4.95. The van der Waals surface area contributed by atoms with Gasteiger partial charge >= 0.3 is 0 Å². The summed E-state index contributed by atoms with van der Waals surface area (Å²) in [5.41, 5.74) is 10.1. The maximum atomic E-state index is 6.59. The number of anilines is 1. The number of aromatic nitrogens is 3. The molecule has 0 amide bonds. The molecule has 154 valence electrons. The second kappa shape index (κ2) is 8.12. The summed E-state index contributed by atoms with van der Waals surface area (Å²) in [6.07, 6.45) is 0. The number of ether oxygens (including phenoxy) is 2. The van der Waals surface area contributed by atoms with Crippen molar-refractivity contribution < 1.29 is 9.47 Å². The van der Waals surface area contributed by atoms with Crippen LogP contribution in [0.25, 0.3) is 26.5 Å². The van der Waals surface area contributed by atoms with Crippen molar-refractivity contribution in [2.24, 2.45) is 0 Å². The lowest BCUT2D eigenvalue weighted by molar-refractivity contribution is 0.300. The molecule has 0 saturated heterocycles. The molecule has 5 aromatic rings. The zero-order chi connectivity index (χ0) is 21.2. The highest BCUT2D eigenvalue weighted by molar-refractivity contribution is 7.20. The fraction of sp³-hybridized carbons (Fsp3) is 0.0833. The van der Waals surface area contributed by atoms with E-state index in [-0.39, 0.29) is 6.61 Å². The molecular weight excluding hydrogens is 408 g/mol. The molecule has 0 saturated carbocycles. The number of methoxy groups -OCH3 is 1. The van der Waals surface area contributed by atoms with Crippen molar-refractivity contribution in [2.45, 2.75) is 6.61 Å². The topological polar surface area (TPSA) is 75.2 Å². The van der Waals surface area contributed by atoms with Crippen molar-refractivity contribution in [3.8, 4) is 27.8 Å². The van der Waals surface area contributed by atoms with E-state index in [0.29, 0.717) is 5.82 Å². The molecule has 0 fully saturated rings. The monoisotopic (exact) mass is 428 g/mol. The van der Waals surface area contributed by atoms with E-state index in [9.17, 15) is 0 Å². The van der Waals surface area contributed by atoms with Crippen LogP contribution in [0.1, 0.15) is 5.69 Å². The molecule has 5 rings (SSSR count). The smallest absolute Gasteiger partial charge is 0.213 e. The maximum Gasteiger partial charge on any atom is 0.213 e. The number of fused-ring (bicyclic) bond motifs is 1. The van der Waals surface area contributed by atoms with Gasteiger partial charge in [0.05, 0.1) is 22.9 Å². The summed E-state index contributed by atoms with van der Waals surface area (Å²) in [5, 5.41) is 5.52. The quantitative estimate of drug-likeness (QED) is 0.396. The van der Waals surface area contributed by atoms with E-state index < -0.39 is 0 Å². The predicted molar refractivity (Wildman–Crippen MR) is 124 cm³/mol. The minimum atomic E-state index is 0.276. The van der Waals surface area contributed by atoms with E-state index >= 15 is 0 Å². The summed E-state index contributed by atoms with van der Waals surface area (Å²) in [6, 6.07) is 25.5. The van der Waals surface area contributed by atoms with Crippen LogP contribution in [0.4, 0.5) is 5.82 Å². The molecule has 0 aliphatic carbocycles. The summed E-state index contributed by atoms with van der Waals surface area (Å²) in [5.74, 6) is 2.05. The minimum absolute atomic E-state index is 0.276. The SMILES string of the molecule is COc1ccc(OCc2nn(-c3nc4ccccc4s3)c(N)c2-c2ccccc2)cc1. The summed E-state index contributed by atoms with van der Waals surface area (Å²) in [4.78, 5) is 4.71. The molecule has 0 atom stereocenters.